The van der Waals surface area contributed by atoms with Gasteiger partial charge in [-0.3, -0.25) is 14.9 Å². The SMILES string of the molecule is COC(=O)c1ccc(N=Cc2c[nH][nH]c2=O)cc1. The lowest BCUT2D eigenvalue weighted by Gasteiger charge is -1.98. The van der Waals surface area contributed by atoms with Crippen molar-refractivity contribution in [1.82, 2.24) is 10.2 Å². The van der Waals surface area contributed by atoms with Crippen molar-refractivity contribution in [2.75, 3.05) is 7.11 Å². The molecular formula is C12H11N3O3. The number of benzene rings is 1. The molecule has 6 heteroatoms. The van der Waals surface area contributed by atoms with Gasteiger partial charge in [0.15, 0.2) is 0 Å². The van der Waals surface area contributed by atoms with E-state index in [1.807, 2.05) is 0 Å². The van der Waals surface area contributed by atoms with Gasteiger partial charge in [-0.05, 0) is 24.3 Å². The Labute approximate surface area is 102 Å². The molecule has 0 fully saturated rings. The molecule has 92 valence electrons. The second kappa shape index (κ2) is 5.13. The van der Waals surface area contributed by atoms with E-state index < -0.39 is 5.97 Å². The van der Waals surface area contributed by atoms with Gasteiger partial charge in [0.1, 0.15) is 0 Å². The van der Waals surface area contributed by atoms with Gasteiger partial charge in [0.05, 0.1) is 23.9 Å². The van der Waals surface area contributed by atoms with Crippen molar-refractivity contribution in [1.29, 1.82) is 0 Å². The summed E-state index contributed by atoms with van der Waals surface area (Å²) in [6.07, 6.45) is 2.97. The fourth-order valence-electron chi connectivity index (χ4n) is 1.36. The highest BCUT2D eigenvalue weighted by Gasteiger charge is 2.03. The maximum Gasteiger partial charge on any atom is 0.337 e. The first-order chi connectivity index (χ1) is 8.70. The Hall–Kier alpha value is -2.63. The molecule has 1 heterocycles. The quantitative estimate of drug-likeness (QED) is 0.630. The summed E-state index contributed by atoms with van der Waals surface area (Å²) >= 11 is 0. The van der Waals surface area contributed by atoms with E-state index in [0.717, 1.165) is 0 Å². The van der Waals surface area contributed by atoms with Gasteiger partial charge in [0.2, 0.25) is 0 Å². The first-order valence-electron chi connectivity index (χ1n) is 5.19. The number of carbonyl (C=O) groups is 1. The third kappa shape index (κ3) is 2.54. The number of nitrogens with zero attached hydrogens (tertiary/aromatic N) is 1. The Kier molecular flexibility index (Phi) is 3.38. The van der Waals surface area contributed by atoms with Crippen LogP contribution in [0.25, 0.3) is 0 Å². The van der Waals surface area contributed by atoms with E-state index >= 15 is 0 Å². The van der Waals surface area contributed by atoms with Crippen LogP contribution in [0.1, 0.15) is 15.9 Å². The number of carbonyl (C=O) groups excluding carboxylic acids is 1. The molecule has 18 heavy (non-hydrogen) atoms. The fourth-order valence-corrected chi connectivity index (χ4v) is 1.36. The van der Waals surface area contributed by atoms with Crippen LogP contribution in [-0.2, 0) is 4.74 Å². The molecule has 0 unspecified atom stereocenters. The lowest BCUT2D eigenvalue weighted by Crippen LogP contribution is -2.04. The highest BCUT2D eigenvalue weighted by atomic mass is 16.5. The van der Waals surface area contributed by atoms with Crippen LogP contribution in [0, 0.1) is 0 Å². The summed E-state index contributed by atoms with van der Waals surface area (Å²) in [7, 11) is 1.33. The van der Waals surface area contributed by atoms with Crippen molar-refractivity contribution in [3.8, 4) is 0 Å². The Morgan fingerprint density at radius 1 is 1.33 bits per heavy atom. The molecule has 1 aromatic carbocycles. The summed E-state index contributed by atoms with van der Waals surface area (Å²) in [4.78, 5) is 26.5. The van der Waals surface area contributed by atoms with E-state index in [1.165, 1.54) is 19.5 Å². The molecule has 6 nitrogen and oxygen atoms in total. The van der Waals surface area contributed by atoms with Crippen LogP contribution in [0.15, 0.2) is 40.2 Å². The largest absolute Gasteiger partial charge is 0.465 e. The van der Waals surface area contributed by atoms with Gasteiger partial charge in [-0.15, -0.1) is 0 Å². The van der Waals surface area contributed by atoms with Crippen molar-refractivity contribution in [2.24, 2.45) is 4.99 Å². The Balaban J connectivity index is 2.16. The lowest BCUT2D eigenvalue weighted by molar-refractivity contribution is 0.0601. The van der Waals surface area contributed by atoms with E-state index in [1.54, 1.807) is 24.3 Å². The van der Waals surface area contributed by atoms with Gasteiger partial charge in [-0.1, -0.05) is 0 Å². The van der Waals surface area contributed by atoms with Crippen LogP contribution in [0.4, 0.5) is 5.69 Å². The van der Waals surface area contributed by atoms with Crippen LogP contribution in [-0.4, -0.2) is 29.5 Å². The maximum atomic E-state index is 11.2. The summed E-state index contributed by atoms with van der Waals surface area (Å²) in [6, 6.07) is 6.56. The zero-order valence-electron chi connectivity index (χ0n) is 9.64. The molecule has 0 aliphatic rings. The van der Waals surface area contributed by atoms with E-state index in [-0.39, 0.29) is 5.56 Å². The third-order valence-electron chi connectivity index (χ3n) is 2.32. The highest BCUT2D eigenvalue weighted by Crippen LogP contribution is 2.13. The molecule has 0 spiro atoms. The monoisotopic (exact) mass is 245 g/mol. The highest BCUT2D eigenvalue weighted by molar-refractivity contribution is 5.89. The fraction of sp³-hybridized carbons (Fsp3) is 0.0833. The molecule has 0 aliphatic heterocycles. The minimum atomic E-state index is -0.396. The molecule has 0 atom stereocenters. The smallest absolute Gasteiger partial charge is 0.337 e. The van der Waals surface area contributed by atoms with Crippen LogP contribution < -0.4 is 5.56 Å². The van der Waals surface area contributed by atoms with E-state index in [0.29, 0.717) is 16.8 Å². The van der Waals surface area contributed by atoms with Gasteiger partial charge in [0, 0.05) is 12.4 Å². The zero-order valence-corrected chi connectivity index (χ0v) is 9.64. The van der Waals surface area contributed by atoms with Crippen LogP contribution in [0.5, 0.6) is 0 Å². The number of H-pyrrole nitrogens is 2. The van der Waals surface area contributed by atoms with Gasteiger partial charge in [-0.25, -0.2) is 4.79 Å². The third-order valence-corrected chi connectivity index (χ3v) is 2.32. The zero-order chi connectivity index (χ0) is 13.0. The molecular weight excluding hydrogens is 234 g/mol. The Morgan fingerprint density at radius 3 is 2.61 bits per heavy atom. The molecule has 0 aliphatic carbocycles. The number of ether oxygens (including phenoxy) is 1. The summed E-state index contributed by atoms with van der Waals surface area (Å²) in [5.74, 6) is -0.396. The van der Waals surface area contributed by atoms with Crippen molar-refractivity contribution < 1.29 is 9.53 Å². The number of aromatic nitrogens is 2. The molecule has 2 rings (SSSR count). The van der Waals surface area contributed by atoms with Crippen LogP contribution in [0.2, 0.25) is 0 Å². The first kappa shape index (κ1) is 11.8. The molecule has 0 bridgehead atoms. The number of rotatable bonds is 3. The summed E-state index contributed by atoms with van der Waals surface area (Å²) in [5.41, 5.74) is 1.30. The minimum absolute atomic E-state index is 0.232. The lowest BCUT2D eigenvalue weighted by atomic mass is 10.2. The summed E-state index contributed by atoms with van der Waals surface area (Å²) in [6.45, 7) is 0. The second-order valence-electron chi connectivity index (χ2n) is 3.49. The van der Waals surface area contributed by atoms with Crippen molar-refractivity contribution in [3.63, 3.8) is 0 Å². The molecule has 0 saturated carbocycles. The molecule has 2 aromatic rings. The average molecular weight is 245 g/mol. The number of aromatic amines is 2. The molecule has 1 aromatic heterocycles. The normalized spacial score (nSPS) is 10.7. The van der Waals surface area contributed by atoms with Crippen LogP contribution in [0.3, 0.4) is 0 Å². The Bertz CT molecular complexity index is 623. The predicted octanol–water partition coefficient (Wildman–Crippen LogP) is 1.24. The minimum Gasteiger partial charge on any atom is -0.465 e. The van der Waals surface area contributed by atoms with Gasteiger partial charge < -0.3 is 9.84 Å². The molecule has 0 radical (unpaired) electrons. The number of esters is 1. The van der Waals surface area contributed by atoms with E-state index in [9.17, 15) is 9.59 Å². The van der Waals surface area contributed by atoms with Gasteiger partial charge in [0.25, 0.3) is 5.56 Å². The Morgan fingerprint density at radius 2 is 2.06 bits per heavy atom. The topological polar surface area (TPSA) is 87.3 Å². The summed E-state index contributed by atoms with van der Waals surface area (Å²) in [5, 5.41) is 4.98. The predicted molar refractivity (Wildman–Crippen MR) is 66.4 cm³/mol. The number of aliphatic imine (C=N–C) groups is 1. The average Bonchev–Trinajstić information content (AvgIpc) is 2.81. The number of nitrogens with one attached hydrogen (secondary N) is 2. The number of methoxy groups -OCH3 is 1. The number of hydrogen-bond acceptors (Lipinski definition) is 4. The summed E-state index contributed by atoms with van der Waals surface area (Å²) < 4.78 is 4.58. The van der Waals surface area contributed by atoms with Crippen molar-refractivity contribution in [2.45, 2.75) is 0 Å². The van der Waals surface area contributed by atoms with E-state index in [4.69, 9.17) is 0 Å². The standard InChI is InChI=1S/C12H11N3O3/c1-18-12(17)8-2-4-10(5-3-8)13-6-9-7-14-15-11(9)16/h2-7H,1H3,(H2,14,15,16). The first-order valence-corrected chi connectivity index (χ1v) is 5.19. The number of hydrogen-bond donors (Lipinski definition) is 2. The van der Waals surface area contributed by atoms with Gasteiger partial charge >= 0.3 is 5.97 Å². The van der Waals surface area contributed by atoms with Crippen LogP contribution >= 0.6 is 0 Å². The van der Waals surface area contributed by atoms with Gasteiger partial charge in [-0.2, -0.15) is 0 Å². The van der Waals surface area contributed by atoms with Crippen molar-refractivity contribution in [3.05, 3.63) is 51.9 Å². The molecule has 0 amide bonds. The van der Waals surface area contributed by atoms with Crippen molar-refractivity contribution >= 4 is 17.9 Å². The van der Waals surface area contributed by atoms with E-state index in [2.05, 4.69) is 19.9 Å². The second-order valence-corrected chi connectivity index (χ2v) is 3.49. The maximum absolute atomic E-state index is 11.2. The molecule has 2 N–H and O–H groups in total. The molecule has 0 saturated heterocycles.